The van der Waals surface area contributed by atoms with Gasteiger partial charge in [0, 0.05) is 33.7 Å². The molecule has 0 spiro atoms. The number of hydrogen-bond donors (Lipinski definition) is 3. The number of fused-ring (bicyclic) bond motifs is 2. The fourth-order valence-corrected chi connectivity index (χ4v) is 3.28. The first-order chi connectivity index (χ1) is 12.9. The Balaban J connectivity index is 1.65. The average molecular weight is 362 g/mol. The van der Waals surface area contributed by atoms with Crippen molar-refractivity contribution < 1.29 is 14.3 Å². The summed E-state index contributed by atoms with van der Waals surface area (Å²) in [5, 5.41) is 14.3. The molecule has 2 aromatic carbocycles. The molecule has 0 aliphatic heterocycles. The second-order valence-electron chi connectivity index (χ2n) is 6.58. The van der Waals surface area contributed by atoms with Crippen LogP contribution in [0.1, 0.15) is 16.7 Å². The number of phenolic OH excluding ortho intramolecular Hbond substituents is 1. The van der Waals surface area contributed by atoms with Crippen molar-refractivity contribution >= 4 is 33.5 Å². The summed E-state index contributed by atoms with van der Waals surface area (Å²) in [7, 11) is 0. The van der Waals surface area contributed by atoms with Gasteiger partial charge in [0.2, 0.25) is 5.91 Å². The number of aromatic hydroxyl groups is 1. The van der Waals surface area contributed by atoms with E-state index >= 15 is 0 Å². The van der Waals surface area contributed by atoms with E-state index < -0.39 is 5.63 Å². The number of phenols is 1. The number of aromatic nitrogens is 1. The predicted octanol–water partition coefficient (Wildman–Crippen LogP) is 3.78. The van der Waals surface area contributed by atoms with E-state index in [0.29, 0.717) is 33.3 Å². The van der Waals surface area contributed by atoms with Gasteiger partial charge in [-0.15, -0.1) is 0 Å². The number of aryl methyl sites for hydroxylation is 2. The third-order valence-corrected chi connectivity index (χ3v) is 4.85. The maximum Gasteiger partial charge on any atom is 0.340 e. The molecule has 1 amide bonds. The lowest BCUT2D eigenvalue weighted by Crippen LogP contribution is -2.20. The molecule has 2 aromatic heterocycles. The number of anilines is 1. The Hall–Kier alpha value is -3.54. The largest absolute Gasteiger partial charge is 0.508 e. The summed E-state index contributed by atoms with van der Waals surface area (Å²) in [6.07, 6.45) is 1.74. The van der Waals surface area contributed by atoms with E-state index in [1.54, 1.807) is 32.0 Å². The van der Waals surface area contributed by atoms with Crippen LogP contribution in [0.5, 0.6) is 5.75 Å². The summed E-state index contributed by atoms with van der Waals surface area (Å²) in [5.41, 5.74) is 2.93. The van der Waals surface area contributed by atoms with E-state index in [0.717, 1.165) is 10.9 Å². The Bertz CT molecular complexity index is 1250. The number of rotatable bonds is 3. The number of hydrogen-bond acceptors (Lipinski definition) is 4. The molecule has 0 saturated heterocycles. The highest BCUT2D eigenvalue weighted by Gasteiger charge is 2.17. The first-order valence-corrected chi connectivity index (χ1v) is 8.56. The van der Waals surface area contributed by atoms with Gasteiger partial charge in [-0.3, -0.25) is 4.79 Å². The molecule has 27 heavy (non-hydrogen) atoms. The highest BCUT2D eigenvalue weighted by Crippen LogP contribution is 2.28. The maximum atomic E-state index is 12.5. The number of amides is 1. The molecular weight excluding hydrogens is 344 g/mol. The third-order valence-electron chi connectivity index (χ3n) is 4.85. The van der Waals surface area contributed by atoms with Crippen LogP contribution in [0.4, 0.5) is 5.69 Å². The van der Waals surface area contributed by atoms with Crippen LogP contribution < -0.4 is 10.9 Å². The van der Waals surface area contributed by atoms with Gasteiger partial charge in [0.25, 0.3) is 0 Å². The Labute approximate surface area is 154 Å². The van der Waals surface area contributed by atoms with Crippen LogP contribution in [0.2, 0.25) is 0 Å². The van der Waals surface area contributed by atoms with E-state index in [-0.39, 0.29) is 18.1 Å². The summed E-state index contributed by atoms with van der Waals surface area (Å²) < 4.78 is 5.38. The zero-order chi connectivity index (χ0) is 19.1. The van der Waals surface area contributed by atoms with Gasteiger partial charge >= 0.3 is 5.63 Å². The van der Waals surface area contributed by atoms with E-state index in [9.17, 15) is 14.7 Å². The minimum Gasteiger partial charge on any atom is -0.508 e. The van der Waals surface area contributed by atoms with Crippen LogP contribution in [-0.2, 0) is 11.2 Å². The lowest BCUT2D eigenvalue weighted by molar-refractivity contribution is -0.115. The summed E-state index contributed by atoms with van der Waals surface area (Å²) >= 11 is 0. The zero-order valence-corrected chi connectivity index (χ0v) is 14.9. The Kier molecular flexibility index (Phi) is 3.96. The quantitative estimate of drug-likeness (QED) is 0.483. The molecule has 0 bridgehead atoms. The van der Waals surface area contributed by atoms with Gasteiger partial charge in [-0.1, -0.05) is 0 Å². The van der Waals surface area contributed by atoms with Crippen LogP contribution in [0.3, 0.4) is 0 Å². The lowest BCUT2D eigenvalue weighted by atomic mass is 10.0. The molecule has 3 N–H and O–H groups in total. The van der Waals surface area contributed by atoms with Crippen LogP contribution in [0.15, 0.2) is 51.8 Å². The lowest BCUT2D eigenvalue weighted by Gasteiger charge is -2.10. The molecule has 6 nitrogen and oxygen atoms in total. The smallest absolute Gasteiger partial charge is 0.340 e. The van der Waals surface area contributed by atoms with Crippen molar-refractivity contribution in [2.45, 2.75) is 20.3 Å². The predicted molar refractivity (Wildman–Crippen MR) is 104 cm³/mol. The van der Waals surface area contributed by atoms with Gasteiger partial charge in [-0.2, -0.15) is 0 Å². The number of carbonyl (C=O) groups excluding carboxylic acids is 1. The molecule has 136 valence electrons. The second kappa shape index (κ2) is 6.32. The molecule has 0 saturated carbocycles. The van der Waals surface area contributed by atoms with Crippen molar-refractivity contribution in [1.29, 1.82) is 0 Å². The van der Waals surface area contributed by atoms with Gasteiger partial charge < -0.3 is 19.8 Å². The number of nitrogens with one attached hydrogen (secondary N) is 2. The molecular formula is C21H18N2O4. The molecule has 0 fully saturated rings. The number of aromatic amines is 1. The standard InChI is InChI=1S/C21H18N2O4/c1-11-15-4-6-18(24)12(2)20(15)27-21(26)16(11)10-19(25)23-14-3-5-17-13(9-14)7-8-22-17/h3-9,22,24H,10H2,1-2H3,(H,23,25). The summed E-state index contributed by atoms with van der Waals surface area (Å²) in [6.45, 7) is 3.47. The molecule has 0 unspecified atom stereocenters. The van der Waals surface area contributed by atoms with Crippen molar-refractivity contribution in [3.63, 3.8) is 0 Å². The highest BCUT2D eigenvalue weighted by molar-refractivity contribution is 5.96. The van der Waals surface area contributed by atoms with Gasteiger partial charge in [0.1, 0.15) is 11.3 Å². The summed E-state index contributed by atoms with van der Waals surface area (Å²) in [5.74, 6) is -0.231. The SMILES string of the molecule is Cc1c(CC(=O)Nc2ccc3[nH]ccc3c2)c(=O)oc2c(C)c(O)ccc12. The number of benzene rings is 2. The van der Waals surface area contributed by atoms with Crippen LogP contribution in [0.25, 0.3) is 21.9 Å². The minimum absolute atomic E-state index is 0.0655. The maximum absolute atomic E-state index is 12.5. The molecule has 0 atom stereocenters. The molecule has 0 radical (unpaired) electrons. The average Bonchev–Trinajstić information content (AvgIpc) is 3.10. The molecule has 4 rings (SSSR count). The molecule has 6 heteroatoms. The molecule has 2 heterocycles. The normalized spacial score (nSPS) is 11.2. The van der Waals surface area contributed by atoms with Crippen molar-refractivity contribution in [3.05, 3.63) is 69.7 Å². The van der Waals surface area contributed by atoms with Crippen LogP contribution in [-0.4, -0.2) is 16.0 Å². The van der Waals surface area contributed by atoms with Crippen molar-refractivity contribution in [1.82, 2.24) is 4.98 Å². The van der Waals surface area contributed by atoms with Gasteiger partial charge in [-0.05, 0) is 55.8 Å². The Morgan fingerprint density at radius 3 is 2.78 bits per heavy atom. The monoisotopic (exact) mass is 362 g/mol. The summed E-state index contributed by atoms with van der Waals surface area (Å²) in [4.78, 5) is 28.0. The van der Waals surface area contributed by atoms with Gasteiger partial charge in [0.15, 0.2) is 0 Å². The second-order valence-corrected chi connectivity index (χ2v) is 6.58. The Morgan fingerprint density at radius 2 is 1.96 bits per heavy atom. The van der Waals surface area contributed by atoms with E-state index in [4.69, 9.17) is 4.42 Å². The third kappa shape index (κ3) is 2.95. The molecule has 0 aliphatic rings. The zero-order valence-electron chi connectivity index (χ0n) is 14.9. The van der Waals surface area contributed by atoms with Crippen molar-refractivity contribution in [2.75, 3.05) is 5.32 Å². The van der Waals surface area contributed by atoms with E-state index in [2.05, 4.69) is 10.3 Å². The van der Waals surface area contributed by atoms with E-state index in [1.165, 1.54) is 0 Å². The fourth-order valence-electron chi connectivity index (χ4n) is 3.28. The molecule has 0 aliphatic carbocycles. The molecule has 4 aromatic rings. The first-order valence-electron chi connectivity index (χ1n) is 8.56. The minimum atomic E-state index is -0.565. The van der Waals surface area contributed by atoms with Crippen molar-refractivity contribution in [3.8, 4) is 5.75 Å². The fraction of sp³-hybridized carbons (Fsp3) is 0.143. The summed E-state index contributed by atoms with van der Waals surface area (Å²) in [6, 6.07) is 10.7. The first kappa shape index (κ1) is 16.9. The number of carbonyl (C=O) groups is 1. The highest BCUT2D eigenvalue weighted by atomic mass is 16.4. The topological polar surface area (TPSA) is 95.3 Å². The van der Waals surface area contributed by atoms with Crippen molar-refractivity contribution in [2.24, 2.45) is 0 Å². The van der Waals surface area contributed by atoms with Crippen LogP contribution >= 0.6 is 0 Å². The van der Waals surface area contributed by atoms with E-state index in [1.807, 2.05) is 24.4 Å². The van der Waals surface area contributed by atoms with Gasteiger partial charge in [0.05, 0.1) is 12.0 Å². The number of H-pyrrole nitrogens is 1. The van der Waals surface area contributed by atoms with Crippen LogP contribution in [0, 0.1) is 13.8 Å². The Morgan fingerprint density at radius 1 is 1.15 bits per heavy atom. The van der Waals surface area contributed by atoms with Gasteiger partial charge in [-0.25, -0.2) is 4.79 Å².